The predicted molar refractivity (Wildman–Crippen MR) is 41.5 cm³/mol. The summed E-state index contributed by atoms with van der Waals surface area (Å²) >= 11 is 0. The molecule has 0 aliphatic rings. The zero-order chi connectivity index (χ0) is 9.61. The molecule has 1 unspecified atom stereocenters. The molecular weight excluding hydrogens is 207 g/mol. The molecule has 2 N–H and O–H groups in total. The summed E-state index contributed by atoms with van der Waals surface area (Å²) in [5, 5.41) is 15.8. The minimum Gasteiger partial charge on any atom is -0.748 e. The molecule has 0 amide bonds. The van der Waals surface area contributed by atoms with Crippen molar-refractivity contribution < 1.29 is 52.7 Å². The molecule has 0 rings (SSSR count). The molecule has 1 atom stereocenters. The molecule has 74 valence electrons. The summed E-state index contributed by atoms with van der Waals surface area (Å²) in [6.07, 6.45) is 0.334. The first kappa shape index (κ1) is 16.3. The summed E-state index contributed by atoms with van der Waals surface area (Å²) in [6, 6.07) is 0. The van der Waals surface area contributed by atoms with E-state index in [0.717, 1.165) is 0 Å². The summed E-state index contributed by atoms with van der Waals surface area (Å²) in [5.41, 5.74) is 0. The second-order valence-electron chi connectivity index (χ2n) is 2.49. The monoisotopic (exact) mass is 220 g/mol. The van der Waals surface area contributed by atoms with Crippen LogP contribution in [0.3, 0.4) is 0 Å². The molecule has 5 nitrogen and oxygen atoms in total. The van der Waals surface area contributed by atoms with Crippen LogP contribution < -0.4 is 29.6 Å². The summed E-state index contributed by atoms with van der Waals surface area (Å²) in [7, 11) is -4.32. The second kappa shape index (κ2) is 8.16. The molecule has 0 saturated heterocycles. The molecule has 0 aliphatic heterocycles. The van der Waals surface area contributed by atoms with Gasteiger partial charge < -0.3 is 14.8 Å². The van der Waals surface area contributed by atoms with Crippen LogP contribution in [-0.2, 0) is 10.1 Å². The van der Waals surface area contributed by atoms with Gasteiger partial charge in [-0.05, 0) is 19.3 Å². The predicted octanol–water partition coefficient (Wildman–Crippen LogP) is -3.94. The van der Waals surface area contributed by atoms with Gasteiger partial charge in [-0.25, -0.2) is 8.42 Å². The summed E-state index contributed by atoms with van der Waals surface area (Å²) < 4.78 is 31.4. The first-order valence-corrected chi connectivity index (χ1v) is 5.16. The van der Waals surface area contributed by atoms with Crippen LogP contribution in [0.15, 0.2) is 0 Å². The van der Waals surface area contributed by atoms with Crippen molar-refractivity contribution in [3.8, 4) is 0 Å². The Balaban J connectivity index is 0. The van der Waals surface area contributed by atoms with Crippen LogP contribution >= 0.6 is 0 Å². The molecular formula is C6H13NaO5S. The topological polar surface area (TPSA) is 97.7 Å². The van der Waals surface area contributed by atoms with Gasteiger partial charge in [0.25, 0.3) is 0 Å². The smallest absolute Gasteiger partial charge is 0.748 e. The Morgan fingerprint density at radius 2 is 1.69 bits per heavy atom. The summed E-state index contributed by atoms with van der Waals surface area (Å²) in [4.78, 5) is 0. The Morgan fingerprint density at radius 3 is 2.00 bits per heavy atom. The zero-order valence-corrected chi connectivity index (χ0v) is 10.5. The first-order valence-electron chi connectivity index (χ1n) is 3.68. The van der Waals surface area contributed by atoms with Crippen molar-refractivity contribution in [3.05, 3.63) is 0 Å². The Bertz CT molecular complexity index is 203. The molecule has 0 heterocycles. The fraction of sp³-hybridized carbons (Fsp3) is 1.00. The standard InChI is InChI=1S/C6H14O5S.Na/c7-4-1-2-6(3-5-8)12(9,10)11;/h6-8H,1-5H2,(H,9,10,11);/q;+1/p-1. The molecule has 0 saturated carbocycles. The van der Waals surface area contributed by atoms with Gasteiger partial charge in [-0.1, -0.05) is 0 Å². The van der Waals surface area contributed by atoms with Gasteiger partial charge in [-0.2, -0.15) is 0 Å². The van der Waals surface area contributed by atoms with Gasteiger partial charge in [0.15, 0.2) is 0 Å². The third-order valence-electron chi connectivity index (χ3n) is 1.54. The largest absolute Gasteiger partial charge is 1.00 e. The molecule has 0 aromatic carbocycles. The van der Waals surface area contributed by atoms with Gasteiger partial charge >= 0.3 is 29.6 Å². The van der Waals surface area contributed by atoms with E-state index in [2.05, 4.69) is 0 Å². The van der Waals surface area contributed by atoms with Gasteiger partial charge in [-0.3, -0.25) is 0 Å². The molecule has 0 fully saturated rings. The van der Waals surface area contributed by atoms with E-state index in [1.54, 1.807) is 0 Å². The Labute approximate surface area is 100 Å². The minimum atomic E-state index is -4.32. The van der Waals surface area contributed by atoms with Crippen LogP contribution in [0.2, 0.25) is 0 Å². The third kappa shape index (κ3) is 7.87. The van der Waals surface area contributed by atoms with Crippen molar-refractivity contribution in [2.24, 2.45) is 0 Å². The van der Waals surface area contributed by atoms with Crippen LogP contribution in [-0.4, -0.2) is 41.6 Å². The van der Waals surface area contributed by atoms with E-state index >= 15 is 0 Å². The van der Waals surface area contributed by atoms with E-state index < -0.39 is 15.4 Å². The van der Waals surface area contributed by atoms with Crippen molar-refractivity contribution in [1.29, 1.82) is 0 Å². The summed E-state index contributed by atoms with van der Waals surface area (Å²) in [5.74, 6) is 0. The van der Waals surface area contributed by atoms with Crippen LogP contribution in [0.1, 0.15) is 19.3 Å². The van der Waals surface area contributed by atoms with E-state index in [1.165, 1.54) is 0 Å². The van der Waals surface area contributed by atoms with E-state index in [0.29, 0.717) is 0 Å². The molecule has 7 heteroatoms. The average Bonchev–Trinajstić information content (AvgIpc) is 1.95. The maximum absolute atomic E-state index is 10.5. The molecule has 0 aromatic heterocycles. The van der Waals surface area contributed by atoms with Gasteiger partial charge in [0.2, 0.25) is 0 Å². The van der Waals surface area contributed by atoms with Crippen molar-refractivity contribution >= 4 is 10.1 Å². The van der Waals surface area contributed by atoms with Crippen molar-refractivity contribution in [2.75, 3.05) is 13.2 Å². The van der Waals surface area contributed by atoms with Crippen LogP contribution in [0, 0.1) is 0 Å². The second-order valence-corrected chi connectivity index (χ2v) is 4.15. The van der Waals surface area contributed by atoms with E-state index in [9.17, 15) is 13.0 Å². The molecule has 13 heavy (non-hydrogen) atoms. The maximum Gasteiger partial charge on any atom is 1.00 e. The molecule has 0 radical (unpaired) electrons. The van der Waals surface area contributed by atoms with E-state index in [1.807, 2.05) is 0 Å². The Morgan fingerprint density at radius 1 is 1.15 bits per heavy atom. The zero-order valence-electron chi connectivity index (χ0n) is 7.64. The minimum absolute atomic E-state index is 0. The normalized spacial score (nSPS) is 13.5. The van der Waals surface area contributed by atoms with Gasteiger partial charge in [0.05, 0.1) is 15.4 Å². The van der Waals surface area contributed by atoms with Gasteiger partial charge in [0, 0.05) is 13.2 Å². The molecule has 0 bridgehead atoms. The fourth-order valence-corrected chi connectivity index (χ4v) is 1.75. The van der Waals surface area contributed by atoms with Crippen molar-refractivity contribution in [1.82, 2.24) is 0 Å². The Kier molecular flexibility index (Phi) is 10.2. The number of hydrogen-bond acceptors (Lipinski definition) is 5. The molecule has 0 aromatic rings. The van der Waals surface area contributed by atoms with E-state index in [4.69, 9.17) is 10.2 Å². The number of aliphatic hydroxyl groups excluding tert-OH is 2. The van der Waals surface area contributed by atoms with Crippen LogP contribution in [0.5, 0.6) is 0 Å². The van der Waals surface area contributed by atoms with Gasteiger partial charge in [0.1, 0.15) is 0 Å². The quantitative estimate of drug-likeness (QED) is 0.352. The van der Waals surface area contributed by atoms with Gasteiger partial charge in [-0.15, -0.1) is 0 Å². The van der Waals surface area contributed by atoms with Crippen molar-refractivity contribution in [2.45, 2.75) is 24.5 Å². The Hall–Kier alpha value is 0.830. The fourth-order valence-electron chi connectivity index (χ4n) is 0.896. The number of hydrogen-bond donors (Lipinski definition) is 2. The number of rotatable bonds is 6. The third-order valence-corrected chi connectivity index (χ3v) is 2.83. The molecule has 0 aliphatic carbocycles. The SMILES string of the molecule is O=S(=O)([O-])C(CCO)CCCO.[Na+]. The van der Waals surface area contributed by atoms with E-state index in [-0.39, 0.29) is 62.0 Å². The molecule has 0 spiro atoms. The summed E-state index contributed by atoms with van der Waals surface area (Å²) in [6.45, 7) is -0.463. The first-order chi connectivity index (χ1) is 5.52. The number of aliphatic hydroxyl groups is 2. The maximum atomic E-state index is 10.5. The van der Waals surface area contributed by atoms with Crippen molar-refractivity contribution in [3.63, 3.8) is 0 Å². The van der Waals surface area contributed by atoms with Crippen LogP contribution in [0.4, 0.5) is 0 Å². The average molecular weight is 220 g/mol. The van der Waals surface area contributed by atoms with Crippen LogP contribution in [0.25, 0.3) is 0 Å².